The molecule has 0 saturated carbocycles. The number of hydrogen-bond donors (Lipinski definition) is 1. The minimum absolute atomic E-state index is 0.176. The lowest BCUT2D eigenvalue weighted by Gasteiger charge is -2.22. The van der Waals surface area contributed by atoms with Crippen molar-refractivity contribution in [1.82, 2.24) is 14.9 Å². The maximum absolute atomic E-state index is 13.0. The zero-order chi connectivity index (χ0) is 18.8. The largest absolute Gasteiger partial charge is 0.496 e. The van der Waals surface area contributed by atoms with E-state index in [0.29, 0.717) is 12.2 Å². The average Bonchev–Trinajstić information content (AvgIpc) is 3.32. The average molecular weight is 363 g/mol. The molecule has 0 aliphatic carbocycles. The van der Waals surface area contributed by atoms with Crippen LogP contribution in [0.2, 0.25) is 0 Å². The van der Waals surface area contributed by atoms with Gasteiger partial charge in [0.15, 0.2) is 6.10 Å². The van der Waals surface area contributed by atoms with Crippen LogP contribution in [0.5, 0.6) is 11.5 Å². The molecule has 2 unspecified atom stereocenters. The number of nitrogens with zero attached hydrogens (tertiary/aromatic N) is 2. The van der Waals surface area contributed by atoms with Gasteiger partial charge in [0.25, 0.3) is 5.91 Å². The van der Waals surface area contributed by atoms with Crippen LogP contribution in [0.25, 0.3) is 0 Å². The number of para-hydroxylation sites is 2. The van der Waals surface area contributed by atoms with Crippen molar-refractivity contribution in [3.05, 3.63) is 77.9 Å². The van der Waals surface area contributed by atoms with E-state index >= 15 is 0 Å². The number of benzene rings is 2. The summed E-state index contributed by atoms with van der Waals surface area (Å²) >= 11 is 0. The lowest BCUT2D eigenvalue weighted by molar-refractivity contribution is -0.127. The molecule has 1 amide bonds. The second-order valence-electron chi connectivity index (χ2n) is 6.50. The molecule has 4 rings (SSSR count). The zero-order valence-electron chi connectivity index (χ0n) is 15.3. The number of carbonyl (C=O) groups excluding carboxylic acids is 1. The molecule has 0 fully saturated rings. The van der Waals surface area contributed by atoms with Gasteiger partial charge in [0.05, 0.1) is 7.11 Å². The Bertz CT molecular complexity index is 942. The van der Waals surface area contributed by atoms with Gasteiger partial charge in [-0.1, -0.05) is 36.4 Å². The van der Waals surface area contributed by atoms with E-state index in [2.05, 4.69) is 10.3 Å². The Morgan fingerprint density at radius 1 is 1.26 bits per heavy atom. The van der Waals surface area contributed by atoms with Crippen LogP contribution in [0, 0.1) is 0 Å². The summed E-state index contributed by atoms with van der Waals surface area (Å²) in [5.74, 6) is 2.01. The highest BCUT2D eigenvalue weighted by atomic mass is 16.5. The molecule has 6 heteroatoms. The molecule has 0 spiro atoms. The number of aromatic nitrogens is 2. The molecule has 2 atom stereocenters. The van der Waals surface area contributed by atoms with Gasteiger partial charge in [-0.15, -0.1) is 0 Å². The fourth-order valence-corrected chi connectivity index (χ4v) is 3.41. The lowest BCUT2D eigenvalue weighted by Crippen LogP contribution is -2.40. The van der Waals surface area contributed by atoms with Crippen LogP contribution in [-0.4, -0.2) is 28.7 Å². The van der Waals surface area contributed by atoms with Crippen molar-refractivity contribution >= 4 is 5.91 Å². The molecular formula is C21H21N3O3. The van der Waals surface area contributed by atoms with Gasteiger partial charge in [0.1, 0.15) is 23.4 Å². The Morgan fingerprint density at radius 2 is 2.04 bits per heavy atom. The van der Waals surface area contributed by atoms with Crippen LogP contribution >= 0.6 is 0 Å². The second kappa shape index (κ2) is 7.15. The molecule has 6 nitrogen and oxygen atoms in total. The predicted molar refractivity (Wildman–Crippen MR) is 101 cm³/mol. The van der Waals surface area contributed by atoms with Crippen LogP contribution < -0.4 is 14.8 Å². The van der Waals surface area contributed by atoms with Crippen molar-refractivity contribution in [3.8, 4) is 11.5 Å². The molecule has 1 aliphatic rings. The maximum Gasteiger partial charge on any atom is 0.262 e. The van der Waals surface area contributed by atoms with E-state index in [4.69, 9.17) is 9.47 Å². The number of fused-ring (bicyclic) bond motifs is 1. The van der Waals surface area contributed by atoms with Crippen molar-refractivity contribution in [2.45, 2.75) is 18.6 Å². The third-order valence-electron chi connectivity index (χ3n) is 4.79. The Balaban J connectivity index is 1.63. The molecule has 0 radical (unpaired) electrons. The van der Waals surface area contributed by atoms with Crippen molar-refractivity contribution in [2.75, 3.05) is 7.11 Å². The highest BCUT2D eigenvalue weighted by molar-refractivity contribution is 5.83. The quantitative estimate of drug-likeness (QED) is 0.757. The SMILES string of the molecule is COc1ccccc1C(NC(=O)C1Cc2ccccc2O1)c1nccn1C. The van der Waals surface area contributed by atoms with Gasteiger partial charge in [0, 0.05) is 31.4 Å². The first kappa shape index (κ1) is 17.1. The molecule has 1 N–H and O–H groups in total. The van der Waals surface area contributed by atoms with Gasteiger partial charge in [-0.25, -0.2) is 4.98 Å². The number of aryl methyl sites for hydroxylation is 1. The van der Waals surface area contributed by atoms with Gasteiger partial charge < -0.3 is 19.4 Å². The summed E-state index contributed by atoms with van der Waals surface area (Å²) in [6.45, 7) is 0. The summed E-state index contributed by atoms with van der Waals surface area (Å²) in [4.78, 5) is 17.4. The molecule has 0 saturated heterocycles. The molecule has 27 heavy (non-hydrogen) atoms. The van der Waals surface area contributed by atoms with E-state index in [-0.39, 0.29) is 5.91 Å². The van der Waals surface area contributed by atoms with Gasteiger partial charge in [-0.05, 0) is 17.7 Å². The molecule has 3 aromatic rings. The lowest BCUT2D eigenvalue weighted by atomic mass is 10.0. The highest BCUT2D eigenvalue weighted by Crippen LogP contribution is 2.31. The van der Waals surface area contributed by atoms with Gasteiger partial charge in [0.2, 0.25) is 0 Å². The number of imidazole rings is 1. The van der Waals surface area contributed by atoms with Crippen molar-refractivity contribution in [1.29, 1.82) is 0 Å². The fourth-order valence-electron chi connectivity index (χ4n) is 3.41. The van der Waals surface area contributed by atoms with Gasteiger partial charge in [-0.2, -0.15) is 0 Å². The smallest absolute Gasteiger partial charge is 0.262 e. The first-order chi connectivity index (χ1) is 13.2. The number of ether oxygens (including phenoxy) is 2. The topological polar surface area (TPSA) is 65.4 Å². The van der Waals surface area contributed by atoms with E-state index in [9.17, 15) is 4.79 Å². The summed E-state index contributed by atoms with van der Waals surface area (Å²) in [5.41, 5.74) is 1.89. The summed E-state index contributed by atoms with van der Waals surface area (Å²) in [7, 11) is 3.52. The predicted octanol–water partition coefficient (Wildman–Crippen LogP) is 2.64. The van der Waals surface area contributed by atoms with E-state index in [1.807, 2.05) is 66.3 Å². The first-order valence-corrected chi connectivity index (χ1v) is 8.82. The molecule has 2 heterocycles. The van der Waals surface area contributed by atoms with Crippen LogP contribution in [0.15, 0.2) is 60.9 Å². The van der Waals surface area contributed by atoms with Crippen LogP contribution in [0.1, 0.15) is 23.0 Å². The van der Waals surface area contributed by atoms with E-state index in [1.54, 1.807) is 13.3 Å². The Morgan fingerprint density at radius 3 is 2.78 bits per heavy atom. The second-order valence-corrected chi connectivity index (χ2v) is 6.50. The molecular weight excluding hydrogens is 342 g/mol. The van der Waals surface area contributed by atoms with Crippen molar-refractivity contribution in [3.63, 3.8) is 0 Å². The van der Waals surface area contributed by atoms with E-state index in [1.165, 1.54) is 0 Å². The van der Waals surface area contributed by atoms with Crippen LogP contribution in [0.3, 0.4) is 0 Å². The summed E-state index contributed by atoms with van der Waals surface area (Å²) in [5, 5.41) is 3.10. The highest BCUT2D eigenvalue weighted by Gasteiger charge is 2.32. The van der Waals surface area contributed by atoms with E-state index in [0.717, 1.165) is 22.7 Å². The minimum Gasteiger partial charge on any atom is -0.496 e. The normalized spacial score (nSPS) is 16.3. The monoisotopic (exact) mass is 363 g/mol. The number of methoxy groups -OCH3 is 1. The standard InChI is InChI=1S/C21H21N3O3/c1-24-12-11-22-20(24)19(15-8-4-6-10-17(15)26-2)23-21(25)18-13-14-7-3-5-9-16(14)27-18/h3-12,18-19H,13H2,1-2H3,(H,23,25). The molecule has 1 aromatic heterocycles. The Kier molecular flexibility index (Phi) is 4.54. The third kappa shape index (κ3) is 3.26. The molecule has 1 aliphatic heterocycles. The number of amides is 1. The van der Waals surface area contributed by atoms with Crippen LogP contribution in [0.4, 0.5) is 0 Å². The summed E-state index contributed by atoms with van der Waals surface area (Å²) < 4.78 is 13.2. The number of rotatable bonds is 5. The summed E-state index contributed by atoms with van der Waals surface area (Å²) in [6, 6.07) is 14.9. The third-order valence-corrected chi connectivity index (χ3v) is 4.79. The molecule has 0 bridgehead atoms. The summed E-state index contributed by atoms with van der Waals surface area (Å²) in [6.07, 6.45) is 3.57. The van der Waals surface area contributed by atoms with Gasteiger partial charge in [-0.3, -0.25) is 4.79 Å². The van der Waals surface area contributed by atoms with Gasteiger partial charge >= 0.3 is 0 Å². The number of nitrogens with one attached hydrogen (secondary N) is 1. The Labute approximate surface area is 157 Å². The number of carbonyl (C=O) groups is 1. The Hall–Kier alpha value is -3.28. The van der Waals surface area contributed by atoms with Crippen LogP contribution in [-0.2, 0) is 18.3 Å². The number of hydrogen-bond acceptors (Lipinski definition) is 4. The first-order valence-electron chi connectivity index (χ1n) is 8.82. The van der Waals surface area contributed by atoms with Crippen molar-refractivity contribution < 1.29 is 14.3 Å². The van der Waals surface area contributed by atoms with Crippen molar-refractivity contribution in [2.24, 2.45) is 7.05 Å². The minimum atomic E-state index is -0.556. The molecule has 2 aromatic carbocycles. The zero-order valence-corrected chi connectivity index (χ0v) is 15.3. The van der Waals surface area contributed by atoms with E-state index < -0.39 is 12.1 Å². The maximum atomic E-state index is 13.0. The molecule has 138 valence electrons. The fraction of sp³-hybridized carbons (Fsp3) is 0.238.